The maximum Gasteiger partial charge on any atom is 0.418 e. The van der Waals surface area contributed by atoms with E-state index >= 15 is 0 Å². The van der Waals surface area contributed by atoms with Gasteiger partial charge in [0.25, 0.3) is 0 Å². The summed E-state index contributed by atoms with van der Waals surface area (Å²) in [5.41, 5.74) is -2.80. The van der Waals surface area contributed by atoms with E-state index in [0.29, 0.717) is 27.4 Å². The third kappa shape index (κ3) is 6.29. The van der Waals surface area contributed by atoms with E-state index in [4.69, 9.17) is 11.6 Å². The van der Waals surface area contributed by atoms with Crippen molar-refractivity contribution in [2.45, 2.75) is 44.7 Å². The highest BCUT2D eigenvalue weighted by atomic mass is 35.5. The van der Waals surface area contributed by atoms with Crippen molar-refractivity contribution < 1.29 is 35.1 Å². The molecular weight excluding hydrogens is 564 g/mol. The molecule has 4 rings (SSSR count). The first-order chi connectivity index (χ1) is 18.0. The fourth-order valence-electron chi connectivity index (χ4n) is 3.70. The van der Waals surface area contributed by atoms with Gasteiger partial charge < -0.3 is 0 Å². The molecule has 0 aliphatic heterocycles. The molecule has 0 aliphatic carbocycles. The molecule has 16 heteroatoms. The molecule has 0 bridgehead atoms. The molecule has 0 aliphatic rings. The summed E-state index contributed by atoms with van der Waals surface area (Å²) in [7, 11) is 0. The Hall–Kier alpha value is -3.75. The molecule has 0 fully saturated rings. The van der Waals surface area contributed by atoms with Crippen molar-refractivity contribution in [3.63, 3.8) is 0 Å². The van der Waals surface area contributed by atoms with Gasteiger partial charge in [0.1, 0.15) is 6.54 Å². The van der Waals surface area contributed by atoms with Gasteiger partial charge in [-0.2, -0.15) is 35.1 Å². The smallest absolute Gasteiger partial charge is 0.275 e. The lowest BCUT2D eigenvalue weighted by molar-refractivity contribution is -0.138. The molecular formula is C23H17ClF8N6O. The zero-order chi connectivity index (χ0) is 28.8. The number of rotatable bonds is 7. The first kappa shape index (κ1) is 28.3. The molecule has 0 amide bonds. The summed E-state index contributed by atoms with van der Waals surface area (Å²) in [5.74, 6) is -5.59. The zero-order valence-corrected chi connectivity index (χ0v) is 20.5. The fourth-order valence-corrected chi connectivity index (χ4v) is 3.83. The van der Waals surface area contributed by atoms with Crippen molar-refractivity contribution >= 4 is 11.6 Å². The largest absolute Gasteiger partial charge is 0.418 e. The summed E-state index contributed by atoms with van der Waals surface area (Å²) in [5, 5.41) is 8.13. The monoisotopic (exact) mass is 580 g/mol. The van der Waals surface area contributed by atoms with Crippen molar-refractivity contribution in [2.75, 3.05) is 0 Å². The average Bonchev–Trinajstić information content (AvgIpc) is 3.39. The minimum atomic E-state index is -4.91. The Morgan fingerprint density at radius 2 is 1.54 bits per heavy atom. The summed E-state index contributed by atoms with van der Waals surface area (Å²) < 4.78 is 110. The number of aromatic nitrogens is 6. The standard InChI is InChI=1S/C23H17ClF8N6O/c1-21(25,26)19-33-17(34-38(19)16-5-3-2-4-15(16)23(30,31)32)12-37-20(39)36(11-10-22(27,28)29)18(35-37)13-6-8-14(24)9-7-13/h2-9H,10-12H2,1H3. The Labute approximate surface area is 219 Å². The van der Waals surface area contributed by atoms with E-state index in [1.807, 2.05) is 0 Å². The molecule has 0 saturated heterocycles. The van der Waals surface area contributed by atoms with Gasteiger partial charge in [-0.3, -0.25) is 4.57 Å². The summed E-state index contributed by atoms with van der Waals surface area (Å²) >= 11 is 5.85. The molecule has 2 aromatic carbocycles. The molecule has 4 aromatic rings. The van der Waals surface area contributed by atoms with Crippen LogP contribution in [0.25, 0.3) is 17.1 Å². The molecule has 39 heavy (non-hydrogen) atoms. The number of hydrogen-bond donors (Lipinski definition) is 0. The number of benzene rings is 2. The molecule has 0 radical (unpaired) electrons. The van der Waals surface area contributed by atoms with Gasteiger partial charge in [-0.05, 0) is 36.4 Å². The van der Waals surface area contributed by atoms with Crippen LogP contribution >= 0.6 is 11.6 Å². The van der Waals surface area contributed by atoms with Crippen molar-refractivity contribution in [3.05, 3.63) is 81.3 Å². The molecule has 0 N–H and O–H groups in total. The highest BCUT2D eigenvalue weighted by molar-refractivity contribution is 6.30. The van der Waals surface area contributed by atoms with E-state index < -0.39 is 66.4 Å². The average molecular weight is 581 g/mol. The second kappa shape index (κ2) is 10.1. The van der Waals surface area contributed by atoms with E-state index in [1.54, 1.807) is 0 Å². The van der Waals surface area contributed by atoms with Crippen molar-refractivity contribution in [3.8, 4) is 17.1 Å². The van der Waals surface area contributed by atoms with Gasteiger partial charge in [0.15, 0.2) is 11.6 Å². The summed E-state index contributed by atoms with van der Waals surface area (Å²) in [4.78, 5) is 16.7. The van der Waals surface area contributed by atoms with Crippen LogP contribution in [0.3, 0.4) is 0 Å². The number of hydrogen-bond acceptors (Lipinski definition) is 4. The normalized spacial score (nSPS) is 12.8. The van der Waals surface area contributed by atoms with Crippen molar-refractivity contribution in [2.24, 2.45) is 0 Å². The second-order valence-electron chi connectivity index (χ2n) is 8.45. The Balaban J connectivity index is 1.81. The lowest BCUT2D eigenvalue weighted by Crippen LogP contribution is -2.27. The Kier molecular flexibility index (Phi) is 7.31. The third-order valence-corrected chi connectivity index (χ3v) is 5.67. The van der Waals surface area contributed by atoms with Gasteiger partial charge in [0, 0.05) is 24.1 Å². The molecule has 7 nitrogen and oxygen atoms in total. The SMILES string of the molecule is CC(F)(F)c1nc(Cn2nc(-c3ccc(Cl)cc3)n(CCC(F)(F)F)c2=O)nn1-c1ccccc1C(F)(F)F. The van der Waals surface area contributed by atoms with Gasteiger partial charge in [0.2, 0.25) is 5.82 Å². The first-order valence-electron chi connectivity index (χ1n) is 11.1. The van der Waals surface area contributed by atoms with E-state index in [1.165, 1.54) is 30.3 Å². The number of halogens is 9. The van der Waals surface area contributed by atoms with Crippen molar-refractivity contribution in [1.29, 1.82) is 0 Å². The van der Waals surface area contributed by atoms with Crippen LogP contribution in [0, 0.1) is 0 Å². The Morgan fingerprint density at radius 1 is 0.897 bits per heavy atom. The second-order valence-corrected chi connectivity index (χ2v) is 8.89. The molecule has 2 heterocycles. The van der Waals surface area contributed by atoms with Crippen LogP contribution < -0.4 is 5.69 Å². The van der Waals surface area contributed by atoms with E-state index in [-0.39, 0.29) is 11.4 Å². The summed E-state index contributed by atoms with van der Waals surface area (Å²) in [6.45, 7) is -1.12. The van der Waals surface area contributed by atoms with Gasteiger partial charge in [-0.25, -0.2) is 19.1 Å². The topological polar surface area (TPSA) is 70.5 Å². The predicted molar refractivity (Wildman–Crippen MR) is 123 cm³/mol. The molecule has 0 unspecified atom stereocenters. The quantitative estimate of drug-likeness (QED) is 0.249. The molecule has 2 aromatic heterocycles. The van der Waals surface area contributed by atoms with Crippen LogP contribution in [0.1, 0.15) is 30.6 Å². The van der Waals surface area contributed by atoms with Gasteiger partial charge >= 0.3 is 24.0 Å². The molecule has 208 valence electrons. The van der Waals surface area contributed by atoms with Crippen LogP contribution in [0.2, 0.25) is 5.02 Å². The van der Waals surface area contributed by atoms with Gasteiger partial charge in [-0.1, -0.05) is 23.7 Å². The Bertz CT molecular complexity index is 1530. The van der Waals surface area contributed by atoms with Crippen LogP contribution in [0.4, 0.5) is 35.1 Å². The summed E-state index contributed by atoms with van der Waals surface area (Å²) in [6, 6.07) is 9.53. The van der Waals surface area contributed by atoms with E-state index in [2.05, 4.69) is 15.2 Å². The molecule has 0 spiro atoms. The van der Waals surface area contributed by atoms with Crippen LogP contribution in [-0.4, -0.2) is 35.3 Å². The van der Waals surface area contributed by atoms with Crippen molar-refractivity contribution in [1.82, 2.24) is 29.1 Å². The lowest BCUT2D eigenvalue weighted by atomic mass is 10.1. The predicted octanol–water partition coefficient (Wildman–Crippen LogP) is 6.08. The highest BCUT2D eigenvalue weighted by Crippen LogP contribution is 2.36. The lowest BCUT2D eigenvalue weighted by Gasteiger charge is -2.16. The Morgan fingerprint density at radius 3 is 2.13 bits per heavy atom. The number of para-hydroxylation sites is 1. The maximum atomic E-state index is 14.4. The van der Waals surface area contributed by atoms with E-state index in [0.717, 1.165) is 16.7 Å². The van der Waals surface area contributed by atoms with Crippen LogP contribution in [0.15, 0.2) is 53.3 Å². The van der Waals surface area contributed by atoms with Crippen LogP contribution in [0.5, 0.6) is 0 Å². The number of nitrogens with zero attached hydrogens (tertiary/aromatic N) is 6. The zero-order valence-electron chi connectivity index (χ0n) is 19.7. The minimum absolute atomic E-state index is 0.177. The highest BCUT2D eigenvalue weighted by Gasteiger charge is 2.38. The first-order valence-corrected chi connectivity index (χ1v) is 11.4. The number of alkyl halides is 8. The van der Waals surface area contributed by atoms with E-state index in [9.17, 15) is 39.9 Å². The maximum absolute atomic E-state index is 14.4. The van der Waals surface area contributed by atoms with Gasteiger partial charge in [0.05, 0.1) is 17.7 Å². The van der Waals surface area contributed by atoms with Gasteiger partial charge in [-0.15, -0.1) is 10.2 Å². The molecule has 0 saturated carbocycles. The fraction of sp³-hybridized carbons (Fsp3) is 0.304. The third-order valence-electron chi connectivity index (χ3n) is 5.42. The molecule has 0 atom stereocenters. The minimum Gasteiger partial charge on any atom is -0.275 e. The summed E-state index contributed by atoms with van der Waals surface area (Å²) in [6.07, 6.45) is -10.9. The van der Waals surface area contributed by atoms with Crippen LogP contribution in [-0.2, 0) is 25.2 Å².